The van der Waals surface area contributed by atoms with Gasteiger partial charge in [-0.15, -0.1) is 11.8 Å². The van der Waals surface area contributed by atoms with Crippen molar-refractivity contribution < 1.29 is 4.79 Å². The first kappa shape index (κ1) is 14.3. The first-order chi connectivity index (χ1) is 9.13. The lowest BCUT2D eigenvalue weighted by molar-refractivity contribution is -0.113. The van der Waals surface area contributed by atoms with Crippen LogP contribution in [0.2, 0.25) is 10.0 Å². The molecular formula is C14H11Cl2NOS. The minimum atomic E-state index is -0.0535. The summed E-state index contributed by atoms with van der Waals surface area (Å²) < 4.78 is 0. The van der Waals surface area contributed by atoms with Crippen LogP contribution in [0, 0.1) is 0 Å². The van der Waals surface area contributed by atoms with Crippen molar-refractivity contribution in [1.82, 2.24) is 0 Å². The van der Waals surface area contributed by atoms with Gasteiger partial charge in [-0.2, -0.15) is 0 Å². The Kier molecular flexibility index (Phi) is 5.14. The van der Waals surface area contributed by atoms with Crippen LogP contribution in [0.25, 0.3) is 0 Å². The number of rotatable bonds is 4. The molecule has 0 unspecified atom stereocenters. The second-order valence-electron chi connectivity index (χ2n) is 3.80. The highest BCUT2D eigenvalue weighted by atomic mass is 35.5. The van der Waals surface area contributed by atoms with Crippen LogP contribution in [0.3, 0.4) is 0 Å². The van der Waals surface area contributed by atoms with Crippen molar-refractivity contribution in [3.05, 3.63) is 58.6 Å². The van der Waals surface area contributed by atoms with Gasteiger partial charge in [-0.05, 0) is 48.5 Å². The fraction of sp³-hybridized carbons (Fsp3) is 0.0714. The standard InChI is InChI=1S/C14H11Cl2NOS/c15-10-1-5-12(6-2-10)17-14(18)9-19-13-7-3-11(16)4-8-13/h1-8H,9H2,(H,17,18). The van der Waals surface area contributed by atoms with Gasteiger partial charge in [-0.25, -0.2) is 0 Å². The second kappa shape index (κ2) is 6.85. The van der Waals surface area contributed by atoms with Crippen molar-refractivity contribution in [3.63, 3.8) is 0 Å². The number of halogens is 2. The highest BCUT2D eigenvalue weighted by Gasteiger charge is 2.03. The van der Waals surface area contributed by atoms with Gasteiger partial charge in [0.15, 0.2) is 0 Å². The molecule has 98 valence electrons. The molecule has 0 aliphatic heterocycles. The third kappa shape index (κ3) is 4.78. The molecule has 5 heteroatoms. The molecule has 2 rings (SSSR count). The van der Waals surface area contributed by atoms with Crippen LogP contribution >= 0.6 is 35.0 Å². The van der Waals surface area contributed by atoms with Crippen molar-refractivity contribution in [2.24, 2.45) is 0 Å². The summed E-state index contributed by atoms with van der Waals surface area (Å²) in [5.41, 5.74) is 0.742. The van der Waals surface area contributed by atoms with Gasteiger partial charge >= 0.3 is 0 Å². The summed E-state index contributed by atoms with van der Waals surface area (Å²) in [4.78, 5) is 12.8. The Morgan fingerprint density at radius 2 is 1.47 bits per heavy atom. The second-order valence-corrected chi connectivity index (χ2v) is 5.72. The zero-order valence-electron chi connectivity index (χ0n) is 9.90. The molecule has 0 saturated carbocycles. The van der Waals surface area contributed by atoms with E-state index in [1.54, 1.807) is 36.4 Å². The largest absolute Gasteiger partial charge is 0.325 e. The van der Waals surface area contributed by atoms with Crippen molar-refractivity contribution in [2.45, 2.75) is 4.90 Å². The number of anilines is 1. The SMILES string of the molecule is O=C(CSc1ccc(Cl)cc1)Nc1ccc(Cl)cc1. The predicted octanol–water partition coefficient (Wildman–Crippen LogP) is 4.72. The fourth-order valence-electron chi connectivity index (χ4n) is 1.41. The maximum atomic E-state index is 11.7. The van der Waals surface area contributed by atoms with Gasteiger partial charge in [0.1, 0.15) is 0 Å². The quantitative estimate of drug-likeness (QED) is 0.827. The zero-order chi connectivity index (χ0) is 13.7. The number of carbonyl (C=O) groups is 1. The van der Waals surface area contributed by atoms with Gasteiger partial charge in [0.2, 0.25) is 5.91 Å². The molecule has 0 aliphatic rings. The molecule has 0 saturated heterocycles. The van der Waals surface area contributed by atoms with Gasteiger partial charge in [0.25, 0.3) is 0 Å². The molecule has 0 aliphatic carbocycles. The molecule has 1 N–H and O–H groups in total. The van der Waals surface area contributed by atoms with E-state index < -0.39 is 0 Å². The number of benzene rings is 2. The Morgan fingerprint density at radius 3 is 2.05 bits per heavy atom. The molecule has 2 aromatic rings. The average molecular weight is 312 g/mol. The number of carbonyl (C=O) groups excluding carboxylic acids is 1. The summed E-state index contributed by atoms with van der Waals surface area (Å²) in [7, 11) is 0. The molecule has 0 atom stereocenters. The van der Waals surface area contributed by atoms with E-state index >= 15 is 0 Å². The molecule has 0 fully saturated rings. The van der Waals surface area contributed by atoms with Crippen molar-refractivity contribution in [3.8, 4) is 0 Å². The predicted molar refractivity (Wildman–Crippen MR) is 82.3 cm³/mol. The summed E-state index contributed by atoms with van der Waals surface area (Å²) in [6.45, 7) is 0. The zero-order valence-corrected chi connectivity index (χ0v) is 12.2. The van der Waals surface area contributed by atoms with E-state index in [0.29, 0.717) is 15.8 Å². The van der Waals surface area contributed by atoms with Crippen molar-refractivity contribution in [1.29, 1.82) is 0 Å². The monoisotopic (exact) mass is 311 g/mol. The van der Waals surface area contributed by atoms with Crippen LogP contribution in [0.5, 0.6) is 0 Å². The lowest BCUT2D eigenvalue weighted by Crippen LogP contribution is -2.13. The highest BCUT2D eigenvalue weighted by molar-refractivity contribution is 8.00. The Balaban J connectivity index is 1.84. The minimum absolute atomic E-state index is 0.0535. The van der Waals surface area contributed by atoms with Gasteiger partial charge in [-0.1, -0.05) is 23.2 Å². The summed E-state index contributed by atoms with van der Waals surface area (Å²) in [6, 6.07) is 14.4. The lowest BCUT2D eigenvalue weighted by Gasteiger charge is -2.05. The van der Waals surface area contributed by atoms with Gasteiger partial charge < -0.3 is 5.32 Å². The van der Waals surface area contributed by atoms with Gasteiger partial charge in [0, 0.05) is 20.6 Å². The van der Waals surface area contributed by atoms with Crippen molar-refractivity contribution in [2.75, 3.05) is 11.1 Å². The molecule has 0 spiro atoms. The Bertz CT molecular complexity index is 555. The summed E-state index contributed by atoms with van der Waals surface area (Å²) in [6.07, 6.45) is 0. The number of thioether (sulfide) groups is 1. The fourth-order valence-corrected chi connectivity index (χ4v) is 2.36. The summed E-state index contributed by atoms with van der Waals surface area (Å²) in [5.74, 6) is 0.298. The van der Waals surface area contributed by atoms with Crippen LogP contribution in [-0.2, 0) is 4.79 Å². The molecule has 0 radical (unpaired) electrons. The molecule has 0 heterocycles. The lowest BCUT2D eigenvalue weighted by atomic mass is 10.3. The first-order valence-corrected chi connectivity index (χ1v) is 7.31. The number of amides is 1. The number of nitrogens with one attached hydrogen (secondary N) is 1. The molecule has 1 amide bonds. The molecular weight excluding hydrogens is 301 g/mol. The molecule has 0 aromatic heterocycles. The smallest absolute Gasteiger partial charge is 0.234 e. The van der Waals surface area contributed by atoms with Crippen LogP contribution in [0.4, 0.5) is 5.69 Å². The van der Waals surface area contributed by atoms with E-state index in [0.717, 1.165) is 10.6 Å². The van der Waals surface area contributed by atoms with E-state index in [2.05, 4.69) is 5.32 Å². The first-order valence-electron chi connectivity index (χ1n) is 5.57. The number of hydrogen-bond acceptors (Lipinski definition) is 2. The molecule has 2 aromatic carbocycles. The van der Waals surface area contributed by atoms with E-state index in [9.17, 15) is 4.79 Å². The minimum Gasteiger partial charge on any atom is -0.325 e. The van der Waals surface area contributed by atoms with Crippen LogP contribution in [0.15, 0.2) is 53.4 Å². The van der Waals surface area contributed by atoms with Crippen LogP contribution in [0.1, 0.15) is 0 Å². The van der Waals surface area contributed by atoms with E-state index in [-0.39, 0.29) is 5.91 Å². The summed E-state index contributed by atoms with van der Waals surface area (Å²) in [5, 5.41) is 4.14. The Labute approximate surface area is 126 Å². The Hall–Kier alpha value is -1.16. The van der Waals surface area contributed by atoms with Gasteiger partial charge in [-0.3, -0.25) is 4.79 Å². The van der Waals surface area contributed by atoms with Gasteiger partial charge in [0.05, 0.1) is 5.75 Å². The maximum Gasteiger partial charge on any atom is 0.234 e. The van der Waals surface area contributed by atoms with Crippen LogP contribution < -0.4 is 5.32 Å². The maximum absolute atomic E-state index is 11.7. The Morgan fingerprint density at radius 1 is 0.947 bits per heavy atom. The topological polar surface area (TPSA) is 29.1 Å². The normalized spacial score (nSPS) is 10.2. The molecule has 19 heavy (non-hydrogen) atoms. The van der Waals surface area contributed by atoms with E-state index in [1.807, 2.05) is 12.1 Å². The van der Waals surface area contributed by atoms with E-state index in [4.69, 9.17) is 23.2 Å². The summed E-state index contributed by atoms with van der Waals surface area (Å²) >= 11 is 13.0. The highest BCUT2D eigenvalue weighted by Crippen LogP contribution is 2.20. The molecule has 2 nitrogen and oxygen atoms in total. The average Bonchev–Trinajstić information content (AvgIpc) is 2.41. The third-order valence-electron chi connectivity index (χ3n) is 2.31. The van der Waals surface area contributed by atoms with Crippen LogP contribution in [-0.4, -0.2) is 11.7 Å². The third-order valence-corrected chi connectivity index (χ3v) is 3.83. The molecule has 0 bridgehead atoms. The number of hydrogen-bond donors (Lipinski definition) is 1. The van der Waals surface area contributed by atoms with Crippen molar-refractivity contribution >= 4 is 46.6 Å². The van der Waals surface area contributed by atoms with E-state index in [1.165, 1.54) is 11.8 Å².